The van der Waals surface area contributed by atoms with Crippen molar-refractivity contribution in [3.8, 4) is 5.75 Å². The van der Waals surface area contributed by atoms with Crippen molar-refractivity contribution in [2.75, 3.05) is 19.6 Å². The Morgan fingerprint density at radius 2 is 1.89 bits per heavy atom. The van der Waals surface area contributed by atoms with Crippen molar-refractivity contribution >= 4 is 28.2 Å². The number of hydrogen-bond donors (Lipinski definition) is 1. The summed E-state index contributed by atoms with van der Waals surface area (Å²) in [4.78, 5) is 16.6. The molecule has 0 unspecified atom stereocenters. The molecule has 0 saturated heterocycles. The van der Waals surface area contributed by atoms with Crippen LogP contribution in [0.5, 0.6) is 5.75 Å². The van der Waals surface area contributed by atoms with Crippen molar-refractivity contribution in [2.24, 2.45) is 16.7 Å². The topological polar surface area (TPSA) is 49.8 Å². The maximum absolute atomic E-state index is 13.5. The summed E-state index contributed by atoms with van der Waals surface area (Å²) in [5, 5.41) is 10.4. The first-order chi connectivity index (χ1) is 22.0. The molecule has 1 aromatic carbocycles. The van der Waals surface area contributed by atoms with Crippen molar-refractivity contribution < 1.29 is 23.4 Å². The van der Waals surface area contributed by atoms with E-state index in [9.17, 15) is 18.7 Å². The summed E-state index contributed by atoms with van der Waals surface area (Å²) in [5.74, 6) is -0.320. The number of thioether (sulfide) groups is 1. The molecule has 2 rings (SSSR count). The smallest absolute Gasteiger partial charge is 0.387 e. The number of rotatable bonds is 17. The molecule has 1 saturated carbocycles. The molecule has 0 aliphatic heterocycles. The van der Waals surface area contributed by atoms with Gasteiger partial charge >= 0.3 is 12.6 Å². The van der Waals surface area contributed by atoms with Gasteiger partial charge in [-0.15, -0.1) is 0 Å². The number of carboxylic acid groups (broad SMARTS) is 1. The lowest BCUT2D eigenvalue weighted by molar-refractivity contribution is -0.150. The van der Waals surface area contributed by atoms with Crippen LogP contribution in [0.1, 0.15) is 118 Å². The molecule has 262 valence electrons. The number of nitrogens with zero attached hydrogens (tertiary/aromatic N) is 1. The average Bonchev–Trinajstić information content (AvgIpc) is 3.20. The van der Waals surface area contributed by atoms with E-state index in [1.54, 1.807) is 6.07 Å². The predicted octanol–water partition coefficient (Wildman–Crippen LogP) is 12.0. The van der Waals surface area contributed by atoms with Crippen LogP contribution in [-0.2, 0) is 4.79 Å². The minimum absolute atomic E-state index is 0.0227. The van der Waals surface area contributed by atoms with Gasteiger partial charge in [0, 0.05) is 17.0 Å². The molecule has 1 fully saturated rings. The molecule has 4 nitrogen and oxygen atoms in total. The van der Waals surface area contributed by atoms with Gasteiger partial charge < -0.3 is 14.7 Å². The average molecular weight is 672 g/mol. The summed E-state index contributed by atoms with van der Waals surface area (Å²) >= 11 is 1.42. The Hall–Kier alpha value is -2.64. The summed E-state index contributed by atoms with van der Waals surface area (Å²) in [6, 6.07) is 5.32. The lowest BCUT2D eigenvalue weighted by atomic mass is 9.68. The first kappa shape index (κ1) is 40.5. The minimum atomic E-state index is -2.96. The highest BCUT2D eigenvalue weighted by Gasteiger charge is 2.44. The predicted molar refractivity (Wildman–Crippen MR) is 198 cm³/mol. The minimum Gasteiger partial charge on any atom is -0.481 e. The van der Waals surface area contributed by atoms with Gasteiger partial charge in [0.15, 0.2) is 0 Å². The van der Waals surface area contributed by atoms with Crippen LogP contribution in [0.4, 0.5) is 8.78 Å². The van der Waals surface area contributed by atoms with Gasteiger partial charge in [0.05, 0.1) is 5.41 Å². The first-order valence-corrected chi connectivity index (χ1v) is 18.0. The number of ether oxygens (including phenoxy) is 1. The molecule has 1 N–H and O–H groups in total. The number of allylic oxidation sites excluding steroid dienone is 6. The molecule has 1 aliphatic rings. The summed E-state index contributed by atoms with van der Waals surface area (Å²) < 4.78 is 31.9. The van der Waals surface area contributed by atoms with Gasteiger partial charge in [-0.3, -0.25) is 4.79 Å². The lowest BCUT2D eigenvalue weighted by Crippen LogP contribution is -2.35. The van der Waals surface area contributed by atoms with Crippen LogP contribution in [0, 0.1) is 16.7 Å². The zero-order valence-corrected chi connectivity index (χ0v) is 31.0. The van der Waals surface area contributed by atoms with E-state index in [-0.39, 0.29) is 11.2 Å². The Bertz CT molecular complexity index is 1320. The molecule has 0 heterocycles. The number of carboxylic acids is 1. The van der Waals surface area contributed by atoms with Gasteiger partial charge in [-0.05, 0) is 124 Å². The second-order valence-corrected chi connectivity index (χ2v) is 15.4. The number of aliphatic carboxylic acids is 1. The number of hydrogen-bond acceptors (Lipinski definition) is 4. The van der Waals surface area contributed by atoms with Crippen LogP contribution in [0.2, 0.25) is 0 Å². The third-order valence-corrected chi connectivity index (χ3v) is 10.5. The Morgan fingerprint density at radius 3 is 2.45 bits per heavy atom. The van der Waals surface area contributed by atoms with Crippen LogP contribution in [-0.4, -0.2) is 42.2 Å². The van der Waals surface area contributed by atoms with E-state index in [1.165, 1.54) is 11.8 Å². The monoisotopic (exact) mass is 671 g/mol. The van der Waals surface area contributed by atoms with Gasteiger partial charge in [0.2, 0.25) is 0 Å². The van der Waals surface area contributed by atoms with Gasteiger partial charge in [-0.2, -0.15) is 8.78 Å². The molecule has 2 atom stereocenters. The van der Waals surface area contributed by atoms with E-state index < -0.39 is 18.0 Å². The van der Waals surface area contributed by atoms with Gasteiger partial charge in [0.25, 0.3) is 0 Å². The van der Waals surface area contributed by atoms with Gasteiger partial charge in [-0.25, -0.2) is 0 Å². The molecule has 47 heavy (non-hydrogen) atoms. The molecule has 0 radical (unpaired) electrons. The summed E-state index contributed by atoms with van der Waals surface area (Å²) in [6.07, 6.45) is 12.5. The van der Waals surface area contributed by atoms with E-state index in [0.717, 1.165) is 72.5 Å². The maximum Gasteiger partial charge on any atom is 0.387 e. The first-order valence-electron chi connectivity index (χ1n) is 17.2. The number of benzene rings is 1. The van der Waals surface area contributed by atoms with Crippen LogP contribution in [0.15, 0.2) is 65.6 Å². The zero-order valence-electron chi connectivity index (χ0n) is 30.2. The SMILES string of the molecule is C=C(C)/C=C(/CC=C1CC[C@H](C(C)(C)C)C[C@@](CC)(C(=O)O)C1)SC(=C)c1cc(/C(C)=C\CCN(CC)CCC)ccc1OC(F)F. The summed E-state index contributed by atoms with van der Waals surface area (Å²) in [5.41, 5.74) is 3.79. The van der Waals surface area contributed by atoms with Crippen LogP contribution in [0.25, 0.3) is 10.5 Å². The van der Waals surface area contributed by atoms with Crippen molar-refractivity contribution in [3.05, 3.63) is 76.8 Å². The van der Waals surface area contributed by atoms with Crippen molar-refractivity contribution in [1.82, 2.24) is 4.90 Å². The fourth-order valence-corrected chi connectivity index (χ4v) is 7.42. The molecule has 0 bridgehead atoms. The van der Waals surface area contributed by atoms with Crippen LogP contribution in [0.3, 0.4) is 0 Å². The third kappa shape index (κ3) is 12.7. The van der Waals surface area contributed by atoms with Gasteiger partial charge in [0.1, 0.15) is 5.75 Å². The van der Waals surface area contributed by atoms with E-state index in [2.05, 4.69) is 64.8 Å². The Morgan fingerprint density at radius 1 is 1.19 bits per heavy atom. The molecule has 1 aromatic rings. The normalized spacial score (nSPS) is 20.5. The van der Waals surface area contributed by atoms with E-state index in [1.807, 2.05) is 39.0 Å². The molecule has 0 amide bonds. The Kier molecular flexibility index (Phi) is 16.2. The van der Waals surface area contributed by atoms with E-state index in [0.29, 0.717) is 42.1 Å². The van der Waals surface area contributed by atoms with E-state index in [4.69, 9.17) is 4.74 Å². The molecular formula is C40H59F2NO3S. The lowest BCUT2D eigenvalue weighted by Gasteiger charge is -2.36. The summed E-state index contributed by atoms with van der Waals surface area (Å²) in [6.45, 7) is 25.4. The maximum atomic E-state index is 13.5. The van der Waals surface area contributed by atoms with E-state index >= 15 is 0 Å². The van der Waals surface area contributed by atoms with Crippen LogP contribution >= 0.6 is 11.8 Å². The van der Waals surface area contributed by atoms with Crippen molar-refractivity contribution in [1.29, 1.82) is 0 Å². The zero-order chi connectivity index (χ0) is 35.4. The van der Waals surface area contributed by atoms with Gasteiger partial charge in [-0.1, -0.05) is 95.8 Å². The molecule has 7 heteroatoms. The third-order valence-electron chi connectivity index (χ3n) is 9.46. The Balaban J connectivity index is 2.38. The highest BCUT2D eigenvalue weighted by Crippen LogP contribution is 2.49. The number of carbonyl (C=O) groups is 1. The molecular weight excluding hydrogens is 613 g/mol. The highest BCUT2D eigenvalue weighted by atomic mass is 32.2. The fourth-order valence-electron chi connectivity index (χ4n) is 6.41. The summed E-state index contributed by atoms with van der Waals surface area (Å²) in [7, 11) is 0. The standard InChI is InChI=1S/C40H59F2NO3S/c1-11-22-43(13-3)23-14-15-29(6)32-18-21-36(46-38(41)42)35(25-32)30(7)47-34(24-28(4)5)20-17-31-16-19-33(39(8,9)10)27-40(12-2,26-31)37(44)45/h15,17-18,21,24-25,33,38H,4,7,11-14,16,19-20,22-23,26-27H2,1-3,5-6,8-10H3,(H,44,45)/b29-15-,31-17?,34-24-/t33-,40-/m0/s1. The second-order valence-electron chi connectivity index (χ2n) is 14.2. The van der Waals surface area contributed by atoms with Crippen molar-refractivity contribution in [3.63, 3.8) is 0 Å². The Labute approximate surface area is 288 Å². The fraction of sp³-hybridized carbons (Fsp3) is 0.575. The number of halogens is 2. The second kappa shape index (κ2) is 18.8. The molecule has 0 spiro atoms. The number of alkyl halides is 2. The molecule has 1 aliphatic carbocycles. The quantitative estimate of drug-likeness (QED) is 0.101. The highest BCUT2D eigenvalue weighted by molar-refractivity contribution is 8.11. The molecule has 0 aromatic heterocycles. The largest absolute Gasteiger partial charge is 0.481 e. The van der Waals surface area contributed by atoms with Crippen molar-refractivity contribution in [2.45, 2.75) is 113 Å². The van der Waals surface area contributed by atoms with Crippen LogP contribution < -0.4 is 4.74 Å².